The number of hydrogen-bond acceptors (Lipinski definition) is 6. The first-order valence-electron chi connectivity index (χ1n) is 13.8. The van der Waals surface area contributed by atoms with Gasteiger partial charge in [-0.2, -0.15) is 0 Å². The Morgan fingerprint density at radius 3 is 1.73 bits per heavy atom. The van der Waals surface area contributed by atoms with Crippen LogP contribution in [0.1, 0.15) is 8.22 Å². The van der Waals surface area contributed by atoms with Gasteiger partial charge in [0, 0.05) is 63.8 Å². The highest BCUT2D eigenvalue weighted by molar-refractivity contribution is 6.98. The molecule has 3 aromatic carbocycles. The van der Waals surface area contributed by atoms with Gasteiger partial charge in [0.2, 0.25) is 0 Å². The van der Waals surface area contributed by atoms with E-state index in [0.29, 0.717) is 0 Å². The van der Waals surface area contributed by atoms with Crippen LogP contribution in [0.4, 0.5) is 11.4 Å². The Balaban J connectivity index is 1.30. The first kappa shape index (κ1) is 13.5. The zero-order valence-electron chi connectivity index (χ0n) is 23.6. The zero-order valence-corrected chi connectivity index (χ0v) is 17.6. The summed E-state index contributed by atoms with van der Waals surface area (Å²) >= 11 is 0. The number of rotatable bonds is 2. The predicted octanol–water partition coefficient (Wildman–Crippen LogP) is 2.78. The molecular weight excluding hydrogens is 411 g/mol. The second kappa shape index (κ2) is 6.75. The minimum atomic E-state index is -2.22. The second-order valence-corrected chi connectivity index (χ2v) is 8.51. The van der Waals surface area contributed by atoms with E-state index in [-0.39, 0.29) is 20.1 Å². The maximum absolute atomic E-state index is 7.73. The van der Waals surface area contributed by atoms with Gasteiger partial charge in [-0.1, -0.05) is 6.07 Å². The smallest absolute Gasteiger partial charge is 0.260 e. The van der Waals surface area contributed by atoms with Crippen molar-refractivity contribution in [3.8, 4) is 23.0 Å². The van der Waals surface area contributed by atoms with Crippen molar-refractivity contribution < 1.29 is 17.7 Å². The molecule has 7 rings (SSSR count). The lowest BCUT2D eigenvalue weighted by Gasteiger charge is -2.34. The third-order valence-electron chi connectivity index (χ3n) is 6.49. The van der Waals surface area contributed by atoms with E-state index in [9.17, 15) is 0 Å². The molecule has 0 bridgehead atoms. The molecule has 0 fully saturated rings. The standard InChI is InChI=1S/C26H23BN4O2/c1-28-10-12-30(16-28)18-6-8-22-20(14-18)27-21-15-19(31-13-11-29(2)17-31)7-9-23(21)33-25-5-3-4-24(32-22)26(25)27/h3-15H,16-17H2,1-2H3/i1D3,2D3. The zero-order chi connectivity index (χ0) is 27.1. The molecule has 4 aliphatic rings. The topological polar surface area (TPSA) is 31.4 Å². The Hall–Kier alpha value is -4.00. The summed E-state index contributed by atoms with van der Waals surface area (Å²) in [6.45, 7) is -4.20. The lowest BCUT2D eigenvalue weighted by molar-refractivity contribution is 0.464. The van der Waals surface area contributed by atoms with Crippen molar-refractivity contribution in [2.24, 2.45) is 0 Å². The van der Waals surface area contributed by atoms with Gasteiger partial charge in [0.25, 0.3) is 6.71 Å². The lowest BCUT2D eigenvalue weighted by Crippen LogP contribution is -2.57. The SMILES string of the molecule is [2H]C([2H])([2H])N1C=CN(c2ccc3c(c2)B2c4cc(N5C=CN(C([2H])([2H])[2H])C5)ccc4Oc4cccc(c42)O3)C1. The van der Waals surface area contributed by atoms with Gasteiger partial charge in [-0.15, -0.1) is 0 Å². The molecule has 0 unspecified atom stereocenters. The first-order chi connectivity index (χ1) is 18.6. The van der Waals surface area contributed by atoms with Crippen LogP contribution in [-0.2, 0) is 0 Å². The summed E-state index contributed by atoms with van der Waals surface area (Å²) in [6, 6.07) is 17.5. The van der Waals surface area contributed by atoms with Crippen molar-refractivity contribution in [1.82, 2.24) is 9.80 Å². The Kier molecular flexibility index (Phi) is 2.77. The summed E-state index contributed by atoms with van der Waals surface area (Å²) in [6.07, 6.45) is 6.70. The van der Waals surface area contributed by atoms with E-state index in [1.807, 2.05) is 64.4 Å². The normalized spacial score (nSPS) is 20.5. The van der Waals surface area contributed by atoms with E-state index in [2.05, 4.69) is 0 Å². The highest BCUT2D eigenvalue weighted by Gasteiger charge is 2.40. The van der Waals surface area contributed by atoms with Crippen LogP contribution in [0.3, 0.4) is 0 Å². The summed E-state index contributed by atoms with van der Waals surface area (Å²) in [4.78, 5) is 6.42. The van der Waals surface area contributed by atoms with Crippen molar-refractivity contribution >= 4 is 34.5 Å². The van der Waals surface area contributed by atoms with Crippen molar-refractivity contribution in [2.75, 3.05) is 37.1 Å². The van der Waals surface area contributed by atoms with E-state index in [1.165, 1.54) is 9.80 Å². The quantitative estimate of drug-likeness (QED) is 0.393. The molecule has 0 spiro atoms. The van der Waals surface area contributed by atoms with Crippen LogP contribution in [0.15, 0.2) is 79.4 Å². The summed E-state index contributed by atoms with van der Waals surface area (Å²) in [7, 11) is 0. The predicted molar refractivity (Wildman–Crippen MR) is 133 cm³/mol. The third-order valence-corrected chi connectivity index (χ3v) is 6.49. The number of hydrogen-bond donors (Lipinski definition) is 0. The fraction of sp³-hybridized carbons (Fsp3) is 0.154. The molecule has 4 aliphatic heterocycles. The Morgan fingerprint density at radius 2 is 1.24 bits per heavy atom. The number of benzene rings is 3. The number of fused-ring (bicyclic) bond motifs is 4. The molecule has 0 atom stereocenters. The molecule has 3 aromatic rings. The van der Waals surface area contributed by atoms with E-state index >= 15 is 0 Å². The van der Waals surface area contributed by atoms with Gasteiger partial charge in [0.1, 0.15) is 23.0 Å². The maximum Gasteiger partial charge on any atom is 0.260 e. The van der Waals surface area contributed by atoms with E-state index in [4.69, 9.17) is 17.7 Å². The molecule has 0 saturated heterocycles. The molecule has 7 heteroatoms. The number of ether oxygens (including phenoxy) is 2. The van der Waals surface area contributed by atoms with Crippen molar-refractivity contribution in [2.45, 2.75) is 0 Å². The van der Waals surface area contributed by atoms with E-state index < -0.39 is 14.0 Å². The minimum Gasteiger partial charge on any atom is -0.458 e. The molecule has 162 valence electrons. The van der Waals surface area contributed by atoms with Gasteiger partial charge >= 0.3 is 0 Å². The van der Waals surface area contributed by atoms with E-state index in [1.54, 1.807) is 24.8 Å². The van der Waals surface area contributed by atoms with Crippen LogP contribution in [0.5, 0.6) is 23.0 Å². The Bertz CT molecular complexity index is 1450. The van der Waals surface area contributed by atoms with Crippen molar-refractivity contribution in [3.05, 3.63) is 79.4 Å². The summed E-state index contributed by atoms with van der Waals surface area (Å²) in [5.74, 6) is 2.88. The molecule has 0 radical (unpaired) electrons. The van der Waals surface area contributed by atoms with Crippen LogP contribution in [0, 0.1) is 0 Å². The monoisotopic (exact) mass is 440 g/mol. The van der Waals surface area contributed by atoms with Crippen LogP contribution < -0.4 is 35.7 Å². The molecule has 33 heavy (non-hydrogen) atoms. The maximum atomic E-state index is 7.73. The fourth-order valence-electron chi connectivity index (χ4n) is 4.94. The first-order valence-corrected chi connectivity index (χ1v) is 10.8. The molecule has 0 amide bonds. The van der Waals surface area contributed by atoms with Gasteiger partial charge in [0.15, 0.2) is 0 Å². The van der Waals surface area contributed by atoms with Crippen molar-refractivity contribution in [1.29, 1.82) is 0 Å². The fourth-order valence-corrected chi connectivity index (χ4v) is 4.94. The van der Waals surface area contributed by atoms with Crippen LogP contribution in [0.25, 0.3) is 0 Å². The van der Waals surface area contributed by atoms with Crippen LogP contribution in [0.2, 0.25) is 0 Å². The molecule has 0 saturated carbocycles. The van der Waals surface area contributed by atoms with Crippen LogP contribution in [-0.4, -0.2) is 43.8 Å². The summed E-state index contributed by atoms with van der Waals surface area (Å²) < 4.78 is 59.0. The summed E-state index contributed by atoms with van der Waals surface area (Å²) in [5, 5.41) is 0. The molecule has 0 N–H and O–H groups in total. The average Bonchev–Trinajstić information content (AvgIpc) is 3.59. The molecular formula is C26H23BN4O2. The largest absolute Gasteiger partial charge is 0.458 e. The number of nitrogens with zero attached hydrogens (tertiary/aromatic N) is 4. The molecule has 0 aromatic heterocycles. The van der Waals surface area contributed by atoms with Gasteiger partial charge in [-0.25, -0.2) is 0 Å². The second-order valence-electron chi connectivity index (χ2n) is 8.51. The highest BCUT2D eigenvalue weighted by Crippen LogP contribution is 2.36. The third kappa shape index (κ3) is 2.82. The Morgan fingerprint density at radius 1 is 0.697 bits per heavy atom. The number of anilines is 2. The summed E-state index contributed by atoms with van der Waals surface area (Å²) in [5.41, 5.74) is 4.50. The Labute approximate surface area is 202 Å². The minimum absolute atomic E-state index is 0.195. The lowest BCUT2D eigenvalue weighted by atomic mass is 9.35. The van der Waals surface area contributed by atoms with Gasteiger partial charge in [-0.3, -0.25) is 0 Å². The van der Waals surface area contributed by atoms with E-state index in [0.717, 1.165) is 50.8 Å². The molecule has 6 nitrogen and oxygen atoms in total. The average molecular weight is 440 g/mol. The van der Waals surface area contributed by atoms with Crippen molar-refractivity contribution in [3.63, 3.8) is 0 Å². The van der Waals surface area contributed by atoms with Gasteiger partial charge in [0.05, 0.1) is 13.3 Å². The molecule has 0 aliphatic carbocycles. The van der Waals surface area contributed by atoms with Crippen LogP contribution >= 0.6 is 0 Å². The highest BCUT2D eigenvalue weighted by atomic mass is 16.5. The van der Waals surface area contributed by atoms with Gasteiger partial charge in [-0.05, 0) is 59.5 Å². The molecule has 4 heterocycles. The van der Waals surface area contributed by atoms with Gasteiger partial charge < -0.3 is 29.1 Å².